The molecule has 4 nitrogen and oxygen atoms in total. The van der Waals surface area contributed by atoms with Gasteiger partial charge in [-0.3, -0.25) is 0 Å². The summed E-state index contributed by atoms with van der Waals surface area (Å²) in [5.41, 5.74) is 5.25. The van der Waals surface area contributed by atoms with Gasteiger partial charge >= 0.3 is 0 Å². The molecule has 0 aromatic rings. The third-order valence-electron chi connectivity index (χ3n) is 2.36. The van der Waals surface area contributed by atoms with Gasteiger partial charge in [0.2, 0.25) is 0 Å². The molecule has 0 unspecified atom stereocenters. The highest BCUT2D eigenvalue weighted by Gasteiger charge is 2.41. The van der Waals surface area contributed by atoms with Crippen molar-refractivity contribution in [1.82, 2.24) is 0 Å². The zero-order chi connectivity index (χ0) is 9.35. The lowest BCUT2D eigenvalue weighted by atomic mass is 9.86. The summed E-state index contributed by atoms with van der Waals surface area (Å²) in [6.07, 6.45) is -0.657. The van der Waals surface area contributed by atoms with Crippen molar-refractivity contribution in [2.24, 2.45) is 5.73 Å². The van der Waals surface area contributed by atoms with Crippen LogP contribution in [0.25, 0.3) is 0 Å². The molecule has 3 N–H and O–H groups in total. The molecule has 1 heterocycles. The molecule has 0 aromatic heterocycles. The second-order valence-electron chi connectivity index (χ2n) is 3.66. The van der Waals surface area contributed by atoms with Gasteiger partial charge in [0.15, 0.2) is 6.29 Å². The Morgan fingerprint density at radius 2 is 2.25 bits per heavy atom. The molecule has 0 aliphatic carbocycles. The number of aliphatic hydroxyl groups excluding tert-OH is 1. The van der Waals surface area contributed by atoms with Crippen LogP contribution in [0.1, 0.15) is 20.3 Å². The molecule has 72 valence electrons. The number of hydrogen-bond acceptors (Lipinski definition) is 4. The molecular weight excluding hydrogens is 158 g/mol. The van der Waals surface area contributed by atoms with Crippen LogP contribution in [0.15, 0.2) is 0 Å². The summed E-state index contributed by atoms with van der Waals surface area (Å²) in [6, 6.07) is 0. The minimum absolute atomic E-state index is 0.265. The molecule has 1 rings (SSSR count). The van der Waals surface area contributed by atoms with Crippen molar-refractivity contribution in [3.63, 3.8) is 0 Å². The van der Waals surface area contributed by atoms with Gasteiger partial charge in [0, 0.05) is 19.1 Å². The number of methoxy groups -OCH3 is 1. The average Bonchev–Trinajstić information content (AvgIpc) is 1.99. The molecule has 4 atom stereocenters. The maximum atomic E-state index is 9.61. The molecule has 1 aliphatic rings. The first kappa shape index (κ1) is 9.92. The van der Waals surface area contributed by atoms with Crippen molar-refractivity contribution in [2.75, 3.05) is 7.11 Å². The number of rotatable bonds is 1. The van der Waals surface area contributed by atoms with E-state index in [0.29, 0.717) is 6.42 Å². The number of ether oxygens (including phenoxy) is 2. The molecule has 0 aromatic carbocycles. The minimum atomic E-state index is -0.621. The zero-order valence-electron chi connectivity index (χ0n) is 7.78. The van der Waals surface area contributed by atoms with Gasteiger partial charge in [0.1, 0.15) is 0 Å². The summed E-state index contributed by atoms with van der Waals surface area (Å²) in [5.74, 6) is 0. The van der Waals surface area contributed by atoms with Crippen LogP contribution in [0.3, 0.4) is 0 Å². The van der Waals surface area contributed by atoms with E-state index in [-0.39, 0.29) is 12.4 Å². The summed E-state index contributed by atoms with van der Waals surface area (Å²) >= 11 is 0. The number of hydrogen-bond donors (Lipinski definition) is 2. The van der Waals surface area contributed by atoms with Crippen molar-refractivity contribution in [3.8, 4) is 0 Å². The molecular formula is C8H17NO3. The van der Waals surface area contributed by atoms with Crippen LogP contribution in [-0.2, 0) is 9.47 Å². The SMILES string of the molecule is CO[C@@H]1C[C@](C)(N)[C@H](O)[C@H](C)O1. The van der Waals surface area contributed by atoms with Crippen LogP contribution >= 0.6 is 0 Å². The predicted molar refractivity (Wildman–Crippen MR) is 44.6 cm³/mol. The first-order chi connectivity index (χ1) is 5.47. The molecule has 0 saturated carbocycles. The van der Waals surface area contributed by atoms with Crippen LogP contribution in [0.5, 0.6) is 0 Å². The highest BCUT2D eigenvalue weighted by molar-refractivity contribution is 4.94. The lowest BCUT2D eigenvalue weighted by molar-refractivity contribution is -0.226. The molecule has 0 radical (unpaired) electrons. The van der Waals surface area contributed by atoms with E-state index in [4.69, 9.17) is 15.2 Å². The monoisotopic (exact) mass is 175 g/mol. The predicted octanol–water partition coefficient (Wildman–Crippen LogP) is -0.154. The molecule has 12 heavy (non-hydrogen) atoms. The van der Waals surface area contributed by atoms with Crippen LogP contribution < -0.4 is 5.73 Å². The smallest absolute Gasteiger partial charge is 0.159 e. The topological polar surface area (TPSA) is 64.7 Å². The van der Waals surface area contributed by atoms with E-state index in [0.717, 1.165) is 0 Å². The fraction of sp³-hybridized carbons (Fsp3) is 1.00. The lowest BCUT2D eigenvalue weighted by Gasteiger charge is -2.42. The van der Waals surface area contributed by atoms with Crippen LogP contribution in [0.4, 0.5) is 0 Å². The fourth-order valence-corrected chi connectivity index (χ4v) is 1.52. The van der Waals surface area contributed by atoms with Crippen molar-refractivity contribution < 1.29 is 14.6 Å². The summed E-state index contributed by atoms with van der Waals surface area (Å²) in [4.78, 5) is 0. The highest BCUT2D eigenvalue weighted by atomic mass is 16.7. The third kappa shape index (κ3) is 1.77. The first-order valence-corrected chi connectivity index (χ1v) is 4.12. The van der Waals surface area contributed by atoms with E-state index in [1.807, 2.05) is 6.92 Å². The van der Waals surface area contributed by atoms with Crippen molar-refractivity contribution in [2.45, 2.75) is 44.3 Å². The number of nitrogens with two attached hydrogens (primary N) is 1. The van der Waals surface area contributed by atoms with E-state index < -0.39 is 11.6 Å². The number of aliphatic hydroxyl groups is 1. The van der Waals surface area contributed by atoms with Crippen LogP contribution in [-0.4, -0.2) is 36.3 Å². The quantitative estimate of drug-likeness (QED) is 0.581. The summed E-state index contributed by atoms with van der Waals surface area (Å²) < 4.78 is 10.4. The second kappa shape index (κ2) is 3.30. The Kier molecular flexibility index (Phi) is 2.73. The molecule has 0 spiro atoms. The normalized spacial score (nSPS) is 49.2. The fourth-order valence-electron chi connectivity index (χ4n) is 1.52. The Labute approximate surface area is 72.6 Å². The average molecular weight is 175 g/mol. The van der Waals surface area contributed by atoms with Gasteiger partial charge in [-0.1, -0.05) is 0 Å². The van der Waals surface area contributed by atoms with Crippen LogP contribution in [0, 0.1) is 0 Å². The molecule has 1 fully saturated rings. The Hall–Kier alpha value is -0.160. The van der Waals surface area contributed by atoms with Gasteiger partial charge in [-0.2, -0.15) is 0 Å². The first-order valence-electron chi connectivity index (χ1n) is 4.12. The molecule has 0 amide bonds. The lowest BCUT2D eigenvalue weighted by Crippen LogP contribution is -2.60. The standard InChI is InChI=1S/C8H17NO3/c1-5-7(10)8(2,9)4-6(11-3)12-5/h5-7,10H,4,9H2,1-3H3/t5-,6-,7+,8-/m0/s1. The summed E-state index contributed by atoms with van der Waals surface area (Å²) in [6.45, 7) is 3.60. The molecule has 0 bridgehead atoms. The van der Waals surface area contributed by atoms with Crippen LogP contribution in [0.2, 0.25) is 0 Å². The summed E-state index contributed by atoms with van der Waals surface area (Å²) in [5, 5.41) is 9.61. The highest BCUT2D eigenvalue weighted by Crippen LogP contribution is 2.26. The van der Waals surface area contributed by atoms with E-state index in [2.05, 4.69) is 0 Å². The third-order valence-corrected chi connectivity index (χ3v) is 2.36. The summed E-state index contributed by atoms with van der Waals surface area (Å²) in [7, 11) is 1.57. The van der Waals surface area contributed by atoms with E-state index >= 15 is 0 Å². The molecule has 1 saturated heterocycles. The van der Waals surface area contributed by atoms with Gasteiger partial charge in [-0.25, -0.2) is 0 Å². The van der Waals surface area contributed by atoms with E-state index in [1.54, 1.807) is 14.0 Å². The van der Waals surface area contributed by atoms with Gasteiger partial charge in [0.05, 0.1) is 12.2 Å². The zero-order valence-corrected chi connectivity index (χ0v) is 7.78. The Morgan fingerprint density at radius 1 is 1.67 bits per heavy atom. The Balaban J connectivity index is 2.65. The Bertz CT molecular complexity index is 160. The van der Waals surface area contributed by atoms with Gasteiger partial charge in [0.25, 0.3) is 0 Å². The van der Waals surface area contributed by atoms with Crippen molar-refractivity contribution >= 4 is 0 Å². The van der Waals surface area contributed by atoms with Gasteiger partial charge in [-0.05, 0) is 13.8 Å². The van der Waals surface area contributed by atoms with Crippen molar-refractivity contribution in [1.29, 1.82) is 0 Å². The second-order valence-corrected chi connectivity index (χ2v) is 3.66. The van der Waals surface area contributed by atoms with Gasteiger partial charge < -0.3 is 20.3 Å². The minimum Gasteiger partial charge on any atom is -0.389 e. The largest absolute Gasteiger partial charge is 0.389 e. The van der Waals surface area contributed by atoms with E-state index in [1.165, 1.54) is 0 Å². The maximum Gasteiger partial charge on any atom is 0.159 e. The maximum absolute atomic E-state index is 9.61. The molecule has 1 aliphatic heterocycles. The van der Waals surface area contributed by atoms with Crippen molar-refractivity contribution in [3.05, 3.63) is 0 Å². The van der Waals surface area contributed by atoms with Gasteiger partial charge in [-0.15, -0.1) is 0 Å². The Morgan fingerprint density at radius 3 is 2.67 bits per heavy atom. The molecule has 4 heteroatoms. The van der Waals surface area contributed by atoms with E-state index in [9.17, 15) is 5.11 Å².